The summed E-state index contributed by atoms with van der Waals surface area (Å²) in [6.07, 6.45) is 2.46. The summed E-state index contributed by atoms with van der Waals surface area (Å²) in [5.41, 5.74) is 0.756. The Kier molecular flexibility index (Phi) is 4.59. The van der Waals surface area contributed by atoms with Crippen molar-refractivity contribution < 1.29 is 4.79 Å². The molecule has 1 N–H and O–H groups in total. The molecule has 1 aromatic rings. The van der Waals surface area contributed by atoms with Crippen LogP contribution in [0, 0.1) is 5.92 Å². The Morgan fingerprint density at radius 2 is 2.53 bits per heavy atom. The first-order chi connectivity index (χ1) is 8.15. The molecule has 1 amide bonds. The van der Waals surface area contributed by atoms with Gasteiger partial charge in [-0.05, 0) is 54.3 Å². The molecule has 0 spiro atoms. The predicted molar refractivity (Wildman–Crippen MR) is 74.6 cm³/mol. The summed E-state index contributed by atoms with van der Waals surface area (Å²) in [5.74, 6) is 0.639. The van der Waals surface area contributed by atoms with Gasteiger partial charge in [0.05, 0.1) is 9.35 Å². The third-order valence-electron chi connectivity index (χ3n) is 3.10. The molecule has 2 heterocycles. The molecule has 94 valence electrons. The van der Waals surface area contributed by atoms with E-state index in [4.69, 9.17) is 0 Å². The first-order valence-corrected chi connectivity index (χ1v) is 7.53. The minimum Gasteiger partial charge on any atom is -0.352 e. The van der Waals surface area contributed by atoms with Gasteiger partial charge in [-0.2, -0.15) is 0 Å². The molecule has 1 aromatic heterocycles. The second-order valence-corrected chi connectivity index (χ2v) is 6.91. The van der Waals surface area contributed by atoms with E-state index in [1.165, 1.54) is 19.4 Å². The lowest BCUT2D eigenvalue weighted by atomic mass is 9.98. The first-order valence-electron chi connectivity index (χ1n) is 5.86. The van der Waals surface area contributed by atoms with Gasteiger partial charge in [0.1, 0.15) is 0 Å². The zero-order valence-electron chi connectivity index (χ0n) is 9.91. The molecular weight excluding hydrogens is 300 g/mol. The number of nitrogens with zero attached hydrogens (tertiary/aromatic N) is 1. The van der Waals surface area contributed by atoms with Crippen LogP contribution in [-0.4, -0.2) is 37.5 Å². The van der Waals surface area contributed by atoms with Crippen molar-refractivity contribution in [1.29, 1.82) is 0 Å². The van der Waals surface area contributed by atoms with Crippen molar-refractivity contribution in [2.24, 2.45) is 5.92 Å². The number of nitrogens with one attached hydrogen (secondary N) is 1. The van der Waals surface area contributed by atoms with E-state index < -0.39 is 0 Å². The van der Waals surface area contributed by atoms with Gasteiger partial charge in [0.2, 0.25) is 0 Å². The molecule has 2 rings (SSSR count). The number of carbonyl (C=O) groups is 1. The summed E-state index contributed by atoms with van der Waals surface area (Å²) >= 11 is 4.91. The Balaban J connectivity index is 1.80. The predicted octanol–water partition coefficient (Wildman–Crippen LogP) is 2.58. The van der Waals surface area contributed by atoms with Crippen LogP contribution >= 0.6 is 27.3 Å². The highest BCUT2D eigenvalue weighted by molar-refractivity contribution is 9.11. The van der Waals surface area contributed by atoms with Crippen molar-refractivity contribution in [3.63, 3.8) is 0 Å². The van der Waals surface area contributed by atoms with E-state index in [2.05, 4.69) is 33.2 Å². The lowest BCUT2D eigenvalue weighted by Crippen LogP contribution is -2.39. The van der Waals surface area contributed by atoms with Gasteiger partial charge in [-0.3, -0.25) is 4.79 Å². The summed E-state index contributed by atoms with van der Waals surface area (Å²) in [6, 6.07) is 1.87. The van der Waals surface area contributed by atoms with Crippen LogP contribution in [0.2, 0.25) is 0 Å². The number of carbonyl (C=O) groups excluding carboxylic acids is 1. The summed E-state index contributed by atoms with van der Waals surface area (Å²) in [4.78, 5) is 14.2. The van der Waals surface area contributed by atoms with E-state index in [0.29, 0.717) is 5.92 Å². The molecule has 1 aliphatic rings. The van der Waals surface area contributed by atoms with Crippen molar-refractivity contribution in [2.75, 3.05) is 26.7 Å². The minimum absolute atomic E-state index is 0.0418. The number of thiophene rings is 1. The van der Waals surface area contributed by atoms with Gasteiger partial charge in [0.25, 0.3) is 5.91 Å². The van der Waals surface area contributed by atoms with Crippen molar-refractivity contribution in [1.82, 2.24) is 10.2 Å². The Labute approximate surface area is 114 Å². The van der Waals surface area contributed by atoms with Crippen molar-refractivity contribution in [3.05, 3.63) is 20.8 Å². The average Bonchev–Trinajstić information content (AvgIpc) is 2.73. The van der Waals surface area contributed by atoms with Crippen LogP contribution in [0.25, 0.3) is 0 Å². The molecule has 0 radical (unpaired) electrons. The largest absolute Gasteiger partial charge is 0.352 e. The van der Waals surface area contributed by atoms with Crippen molar-refractivity contribution in [3.8, 4) is 0 Å². The molecule has 17 heavy (non-hydrogen) atoms. The maximum Gasteiger partial charge on any atom is 0.252 e. The Morgan fingerprint density at radius 1 is 1.71 bits per heavy atom. The van der Waals surface area contributed by atoms with E-state index in [9.17, 15) is 4.79 Å². The fourth-order valence-electron chi connectivity index (χ4n) is 2.21. The molecule has 0 saturated carbocycles. The molecular formula is C12H17BrN2OS. The Hall–Kier alpha value is -0.390. The van der Waals surface area contributed by atoms with Crippen LogP contribution in [0.5, 0.6) is 0 Å². The summed E-state index contributed by atoms with van der Waals surface area (Å²) in [6.45, 7) is 3.06. The number of likely N-dealkylation sites (tertiary alicyclic amines) is 1. The molecule has 1 aliphatic heterocycles. The summed E-state index contributed by atoms with van der Waals surface area (Å²) in [5, 5.41) is 4.90. The standard InChI is InChI=1S/C12H17BrN2OS/c1-15-4-2-3-9(7-15)6-14-12(16)10-5-11(13)17-8-10/h5,8-9H,2-4,6-7H2,1H3,(H,14,16). The fraction of sp³-hybridized carbons (Fsp3) is 0.583. The number of halogens is 1. The highest BCUT2D eigenvalue weighted by Crippen LogP contribution is 2.20. The van der Waals surface area contributed by atoms with Crippen LogP contribution < -0.4 is 5.32 Å². The maximum atomic E-state index is 11.8. The summed E-state index contributed by atoms with van der Waals surface area (Å²) < 4.78 is 1.00. The average molecular weight is 317 g/mol. The highest BCUT2D eigenvalue weighted by atomic mass is 79.9. The van der Waals surface area contributed by atoms with E-state index in [-0.39, 0.29) is 5.91 Å². The van der Waals surface area contributed by atoms with Gasteiger partial charge in [-0.25, -0.2) is 0 Å². The molecule has 1 atom stereocenters. The fourth-order valence-corrected chi connectivity index (χ4v) is 3.34. The molecule has 1 unspecified atom stereocenters. The van der Waals surface area contributed by atoms with Crippen LogP contribution in [0.3, 0.4) is 0 Å². The van der Waals surface area contributed by atoms with Crippen LogP contribution in [-0.2, 0) is 0 Å². The number of amides is 1. The molecule has 1 fully saturated rings. The SMILES string of the molecule is CN1CCCC(CNC(=O)c2csc(Br)c2)C1. The van der Waals surface area contributed by atoms with Gasteiger partial charge in [-0.1, -0.05) is 0 Å². The molecule has 0 aromatic carbocycles. The smallest absolute Gasteiger partial charge is 0.252 e. The molecule has 1 saturated heterocycles. The number of hydrogen-bond donors (Lipinski definition) is 1. The Morgan fingerprint density at radius 3 is 3.18 bits per heavy atom. The Bertz CT molecular complexity index is 394. The van der Waals surface area contributed by atoms with E-state index >= 15 is 0 Å². The van der Waals surface area contributed by atoms with Gasteiger partial charge in [0.15, 0.2) is 0 Å². The second-order valence-electron chi connectivity index (χ2n) is 4.62. The lowest BCUT2D eigenvalue weighted by molar-refractivity contribution is 0.0937. The van der Waals surface area contributed by atoms with E-state index in [1.807, 2.05) is 11.4 Å². The normalized spacial score (nSPS) is 21.4. The third-order valence-corrected chi connectivity index (χ3v) is 4.61. The zero-order valence-corrected chi connectivity index (χ0v) is 12.3. The molecule has 0 bridgehead atoms. The van der Waals surface area contributed by atoms with Crippen LogP contribution in [0.1, 0.15) is 23.2 Å². The van der Waals surface area contributed by atoms with Gasteiger partial charge in [0, 0.05) is 18.5 Å². The minimum atomic E-state index is 0.0418. The molecule has 5 heteroatoms. The van der Waals surface area contributed by atoms with Gasteiger partial charge in [-0.15, -0.1) is 11.3 Å². The van der Waals surface area contributed by atoms with Crippen LogP contribution in [0.15, 0.2) is 15.2 Å². The van der Waals surface area contributed by atoms with Crippen LogP contribution in [0.4, 0.5) is 0 Å². The first kappa shape index (κ1) is 13.1. The molecule has 0 aliphatic carbocycles. The monoisotopic (exact) mass is 316 g/mol. The van der Waals surface area contributed by atoms with Crippen molar-refractivity contribution in [2.45, 2.75) is 12.8 Å². The number of piperidine rings is 1. The molecule has 3 nitrogen and oxygen atoms in total. The van der Waals surface area contributed by atoms with E-state index in [1.54, 1.807) is 11.3 Å². The van der Waals surface area contributed by atoms with Gasteiger partial charge < -0.3 is 10.2 Å². The number of hydrogen-bond acceptors (Lipinski definition) is 3. The number of rotatable bonds is 3. The topological polar surface area (TPSA) is 32.3 Å². The lowest BCUT2D eigenvalue weighted by Gasteiger charge is -2.29. The van der Waals surface area contributed by atoms with E-state index in [0.717, 1.165) is 22.4 Å². The maximum absolute atomic E-state index is 11.8. The van der Waals surface area contributed by atoms with Crippen molar-refractivity contribution >= 4 is 33.2 Å². The highest BCUT2D eigenvalue weighted by Gasteiger charge is 2.18. The third kappa shape index (κ3) is 3.79. The summed E-state index contributed by atoms with van der Waals surface area (Å²) in [7, 11) is 2.14. The second kappa shape index (κ2) is 5.98. The zero-order chi connectivity index (χ0) is 12.3. The quantitative estimate of drug-likeness (QED) is 0.929. The van der Waals surface area contributed by atoms with Gasteiger partial charge >= 0.3 is 0 Å².